The van der Waals surface area contributed by atoms with Crippen LogP contribution >= 0.6 is 0 Å². The molecule has 2 fully saturated rings. The number of ether oxygens (including phenoxy) is 2. The third kappa shape index (κ3) is 2.51. The minimum absolute atomic E-state index is 0.0161. The van der Waals surface area contributed by atoms with Crippen LogP contribution in [-0.2, 0) is 9.53 Å². The summed E-state index contributed by atoms with van der Waals surface area (Å²) in [5.74, 6) is 0.781. The predicted molar refractivity (Wildman–Crippen MR) is 76.1 cm³/mol. The van der Waals surface area contributed by atoms with Gasteiger partial charge in [0.25, 0.3) is 5.91 Å². The summed E-state index contributed by atoms with van der Waals surface area (Å²) in [5.41, 5.74) is 0.693. The normalized spacial score (nSPS) is 22.1. The fourth-order valence-electron chi connectivity index (χ4n) is 2.91. The average molecular weight is 276 g/mol. The van der Waals surface area contributed by atoms with E-state index in [1.807, 2.05) is 29.2 Å². The predicted octanol–water partition coefficient (Wildman–Crippen LogP) is 1.18. The van der Waals surface area contributed by atoms with Crippen molar-refractivity contribution in [1.29, 1.82) is 0 Å². The Morgan fingerprint density at radius 2 is 2.15 bits per heavy atom. The maximum absolute atomic E-state index is 12.2. The van der Waals surface area contributed by atoms with Crippen molar-refractivity contribution < 1.29 is 14.3 Å². The summed E-state index contributed by atoms with van der Waals surface area (Å²) >= 11 is 0. The standard InChI is InChI=1S/C15H20N2O3/c1-19-13-4-2-3-12(9-13)17-11-15(20-10-14(17)18)5-7-16-8-6-15/h2-4,9,16H,5-8,10-11H2,1H3. The highest BCUT2D eigenvalue weighted by Crippen LogP contribution is 2.31. The van der Waals surface area contributed by atoms with E-state index in [0.717, 1.165) is 37.4 Å². The molecule has 0 bridgehead atoms. The molecule has 3 rings (SSSR count). The Morgan fingerprint density at radius 3 is 2.90 bits per heavy atom. The number of benzene rings is 1. The number of hydrogen-bond acceptors (Lipinski definition) is 4. The van der Waals surface area contributed by atoms with Crippen LogP contribution in [0.3, 0.4) is 0 Å². The molecular weight excluding hydrogens is 256 g/mol. The molecule has 0 atom stereocenters. The van der Waals surface area contributed by atoms with Gasteiger partial charge < -0.3 is 19.7 Å². The molecule has 1 N–H and O–H groups in total. The second-order valence-corrected chi connectivity index (χ2v) is 5.40. The molecule has 20 heavy (non-hydrogen) atoms. The fourth-order valence-corrected chi connectivity index (χ4v) is 2.91. The minimum Gasteiger partial charge on any atom is -0.497 e. The highest BCUT2D eigenvalue weighted by atomic mass is 16.5. The Hall–Kier alpha value is -1.59. The van der Waals surface area contributed by atoms with Crippen LogP contribution < -0.4 is 15.0 Å². The first-order valence-electron chi connectivity index (χ1n) is 7.02. The molecule has 1 aromatic rings. The highest BCUT2D eigenvalue weighted by molar-refractivity contribution is 5.95. The zero-order chi connectivity index (χ0) is 14.0. The molecule has 0 aliphatic carbocycles. The molecule has 5 nitrogen and oxygen atoms in total. The number of nitrogens with zero attached hydrogens (tertiary/aromatic N) is 1. The summed E-state index contributed by atoms with van der Waals surface area (Å²) in [6, 6.07) is 7.64. The summed E-state index contributed by atoms with van der Waals surface area (Å²) in [7, 11) is 1.63. The number of carbonyl (C=O) groups excluding carboxylic acids is 1. The number of piperidine rings is 1. The van der Waals surface area contributed by atoms with Gasteiger partial charge in [-0.2, -0.15) is 0 Å². The minimum atomic E-state index is -0.192. The largest absolute Gasteiger partial charge is 0.497 e. The number of nitrogens with one attached hydrogen (secondary N) is 1. The third-order valence-corrected chi connectivity index (χ3v) is 4.13. The monoisotopic (exact) mass is 276 g/mol. The van der Waals surface area contributed by atoms with Gasteiger partial charge in [0.15, 0.2) is 0 Å². The Balaban J connectivity index is 1.84. The van der Waals surface area contributed by atoms with Crippen molar-refractivity contribution in [2.24, 2.45) is 0 Å². The van der Waals surface area contributed by atoms with Gasteiger partial charge in [0, 0.05) is 11.8 Å². The highest BCUT2D eigenvalue weighted by Gasteiger charge is 2.41. The van der Waals surface area contributed by atoms with Crippen molar-refractivity contribution in [3.05, 3.63) is 24.3 Å². The van der Waals surface area contributed by atoms with E-state index in [-0.39, 0.29) is 18.1 Å². The summed E-state index contributed by atoms with van der Waals surface area (Å²) in [6.07, 6.45) is 1.89. The molecule has 2 heterocycles. The quantitative estimate of drug-likeness (QED) is 0.881. The number of methoxy groups -OCH3 is 1. The van der Waals surface area contributed by atoms with Gasteiger partial charge in [0.05, 0.1) is 19.3 Å². The van der Waals surface area contributed by atoms with Crippen LogP contribution in [0.4, 0.5) is 5.69 Å². The van der Waals surface area contributed by atoms with Crippen molar-refractivity contribution in [2.45, 2.75) is 18.4 Å². The van der Waals surface area contributed by atoms with Gasteiger partial charge in [-0.05, 0) is 38.1 Å². The molecule has 0 aromatic heterocycles. The first kappa shape index (κ1) is 13.4. The number of hydrogen-bond donors (Lipinski definition) is 1. The van der Waals surface area contributed by atoms with Crippen LogP contribution in [-0.4, -0.2) is 44.9 Å². The topological polar surface area (TPSA) is 50.8 Å². The van der Waals surface area contributed by atoms with Crippen molar-refractivity contribution in [3.63, 3.8) is 0 Å². The van der Waals surface area contributed by atoms with Crippen molar-refractivity contribution >= 4 is 11.6 Å². The first-order valence-corrected chi connectivity index (χ1v) is 7.02. The summed E-state index contributed by atoms with van der Waals surface area (Å²) < 4.78 is 11.1. The van der Waals surface area contributed by atoms with Crippen LogP contribution in [0.1, 0.15) is 12.8 Å². The van der Waals surface area contributed by atoms with Crippen molar-refractivity contribution in [1.82, 2.24) is 5.32 Å². The molecule has 0 radical (unpaired) electrons. The number of anilines is 1. The molecule has 1 spiro atoms. The van der Waals surface area contributed by atoms with E-state index in [0.29, 0.717) is 6.54 Å². The fraction of sp³-hybridized carbons (Fsp3) is 0.533. The Labute approximate surface area is 118 Å². The average Bonchev–Trinajstić information content (AvgIpc) is 2.51. The van der Waals surface area contributed by atoms with Gasteiger partial charge in [0.1, 0.15) is 12.4 Å². The second kappa shape index (κ2) is 5.42. The van der Waals surface area contributed by atoms with Crippen LogP contribution in [0, 0.1) is 0 Å². The van der Waals surface area contributed by atoms with Gasteiger partial charge in [-0.25, -0.2) is 0 Å². The molecule has 5 heteroatoms. The van der Waals surface area contributed by atoms with Crippen molar-refractivity contribution in [3.8, 4) is 5.75 Å². The molecule has 0 unspecified atom stereocenters. The van der Waals surface area contributed by atoms with Gasteiger partial charge >= 0.3 is 0 Å². The van der Waals surface area contributed by atoms with E-state index in [9.17, 15) is 4.79 Å². The van der Waals surface area contributed by atoms with Gasteiger partial charge in [0.2, 0.25) is 0 Å². The maximum Gasteiger partial charge on any atom is 0.253 e. The van der Waals surface area contributed by atoms with Gasteiger partial charge in [-0.3, -0.25) is 4.79 Å². The lowest BCUT2D eigenvalue weighted by molar-refractivity contribution is -0.141. The van der Waals surface area contributed by atoms with Crippen molar-refractivity contribution in [2.75, 3.05) is 38.3 Å². The molecule has 1 aromatic carbocycles. The lowest BCUT2D eigenvalue weighted by Crippen LogP contribution is -2.58. The first-order chi connectivity index (χ1) is 9.72. The molecule has 2 aliphatic rings. The SMILES string of the molecule is COc1cccc(N2CC3(CCNCC3)OCC2=O)c1. The van der Waals surface area contributed by atoms with E-state index in [2.05, 4.69) is 5.32 Å². The van der Waals surface area contributed by atoms with Crippen LogP contribution in [0.5, 0.6) is 5.75 Å². The Morgan fingerprint density at radius 1 is 1.35 bits per heavy atom. The van der Waals surface area contributed by atoms with Gasteiger partial charge in [-0.15, -0.1) is 0 Å². The molecule has 2 aliphatic heterocycles. The summed E-state index contributed by atoms with van der Waals surface area (Å²) in [6.45, 7) is 2.68. The summed E-state index contributed by atoms with van der Waals surface area (Å²) in [5, 5.41) is 3.34. The van der Waals surface area contributed by atoms with Gasteiger partial charge in [-0.1, -0.05) is 6.07 Å². The zero-order valence-corrected chi connectivity index (χ0v) is 11.7. The number of amides is 1. The zero-order valence-electron chi connectivity index (χ0n) is 11.7. The van der Waals surface area contributed by atoms with E-state index < -0.39 is 0 Å². The van der Waals surface area contributed by atoms with E-state index in [1.54, 1.807) is 7.11 Å². The van der Waals surface area contributed by atoms with E-state index in [4.69, 9.17) is 9.47 Å². The smallest absolute Gasteiger partial charge is 0.253 e. The molecule has 2 saturated heterocycles. The molecular formula is C15H20N2O3. The molecule has 1 amide bonds. The van der Waals surface area contributed by atoms with E-state index in [1.165, 1.54) is 0 Å². The van der Waals surface area contributed by atoms with E-state index >= 15 is 0 Å². The molecule has 108 valence electrons. The molecule has 0 saturated carbocycles. The Bertz CT molecular complexity index is 498. The summed E-state index contributed by atoms with van der Waals surface area (Å²) in [4.78, 5) is 14.0. The lowest BCUT2D eigenvalue weighted by atomic mass is 9.90. The Kier molecular flexibility index (Phi) is 3.63. The van der Waals surface area contributed by atoms with Crippen LogP contribution in [0.15, 0.2) is 24.3 Å². The van der Waals surface area contributed by atoms with Crippen LogP contribution in [0.2, 0.25) is 0 Å². The lowest BCUT2D eigenvalue weighted by Gasteiger charge is -2.44. The number of rotatable bonds is 2. The number of carbonyl (C=O) groups is 1. The van der Waals surface area contributed by atoms with Crippen LogP contribution in [0.25, 0.3) is 0 Å². The third-order valence-electron chi connectivity index (χ3n) is 4.13. The maximum atomic E-state index is 12.2. The number of morpholine rings is 1. The second-order valence-electron chi connectivity index (χ2n) is 5.40.